The minimum Gasteiger partial charge on any atom is -0.443 e. The Morgan fingerprint density at radius 3 is 1.96 bits per heavy atom. The van der Waals surface area contributed by atoms with Gasteiger partial charge in [-0.3, -0.25) is 14.7 Å². The summed E-state index contributed by atoms with van der Waals surface area (Å²) in [7, 11) is 0. The number of hydrogen-bond donors (Lipinski definition) is 1. The fourth-order valence-electron chi connectivity index (χ4n) is 5.41. The maximum Gasteiger partial charge on any atom is 0.417 e. The van der Waals surface area contributed by atoms with E-state index >= 15 is 0 Å². The molecule has 1 aliphatic heterocycles. The van der Waals surface area contributed by atoms with Gasteiger partial charge in [0.1, 0.15) is 16.8 Å². The molecule has 0 bridgehead atoms. The number of rotatable bonds is 5. The quantitative estimate of drug-likeness (QED) is 0.255. The molecule has 12 heteroatoms. The van der Waals surface area contributed by atoms with E-state index in [0.717, 1.165) is 18.4 Å². The molecule has 0 unspecified atom stereocenters. The van der Waals surface area contributed by atoms with Crippen LogP contribution in [0.4, 0.5) is 20.1 Å². The van der Waals surface area contributed by atoms with Crippen LogP contribution in [0.5, 0.6) is 0 Å². The first kappa shape index (κ1) is 42.0. The monoisotopic (exact) mass is 727 g/mol. The van der Waals surface area contributed by atoms with E-state index < -0.39 is 35.1 Å². The van der Waals surface area contributed by atoms with Crippen LogP contribution in [0.1, 0.15) is 114 Å². The number of aryl methyl sites for hydroxylation is 1. The van der Waals surface area contributed by atoms with E-state index in [9.17, 15) is 24.4 Å². The number of hydrogen-bond acceptors (Lipinski definition) is 9. The highest BCUT2D eigenvalue weighted by atomic mass is 16.6. The SMILES string of the molecule is CC(C)(C)OC(=O)NC(=O)OC(C)(C)C.Cc1cccc(C2CCN(C(=O)c3cncc(N(Cc4cccc(C#N)c4)C(=O)OC(C)(C)C)c3)CC2)c1. The number of nitriles is 1. The number of anilines is 1. The van der Waals surface area contributed by atoms with Crippen molar-refractivity contribution in [1.82, 2.24) is 15.2 Å². The zero-order chi connectivity index (χ0) is 39.6. The molecule has 2 aromatic carbocycles. The number of aromatic nitrogens is 1. The Morgan fingerprint density at radius 1 is 0.830 bits per heavy atom. The first-order chi connectivity index (χ1) is 24.6. The first-order valence-electron chi connectivity index (χ1n) is 17.7. The average Bonchev–Trinajstić information content (AvgIpc) is 3.05. The van der Waals surface area contributed by atoms with Gasteiger partial charge >= 0.3 is 18.3 Å². The van der Waals surface area contributed by atoms with Crippen molar-refractivity contribution in [2.75, 3.05) is 18.0 Å². The fourth-order valence-corrected chi connectivity index (χ4v) is 5.41. The van der Waals surface area contributed by atoms with Crippen molar-refractivity contribution < 1.29 is 33.4 Å². The predicted molar refractivity (Wildman–Crippen MR) is 202 cm³/mol. The van der Waals surface area contributed by atoms with Gasteiger partial charge in [-0.15, -0.1) is 0 Å². The number of alkyl carbamates (subject to hydrolysis) is 2. The molecular formula is C41H53N5O7. The molecule has 4 rings (SSSR count). The van der Waals surface area contributed by atoms with Crippen LogP contribution in [0, 0.1) is 18.3 Å². The summed E-state index contributed by atoms with van der Waals surface area (Å²) < 4.78 is 15.4. The summed E-state index contributed by atoms with van der Waals surface area (Å²) >= 11 is 0. The number of piperidine rings is 1. The lowest BCUT2D eigenvalue weighted by Crippen LogP contribution is -2.39. The number of likely N-dealkylation sites (tertiary alicyclic amines) is 1. The second-order valence-corrected chi connectivity index (χ2v) is 15.9. The van der Waals surface area contributed by atoms with Crippen LogP contribution in [0.3, 0.4) is 0 Å². The second kappa shape index (κ2) is 17.9. The smallest absolute Gasteiger partial charge is 0.417 e. The Morgan fingerprint density at radius 2 is 1.42 bits per heavy atom. The number of nitrogens with zero attached hydrogens (tertiary/aromatic N) is 4. The molecule has 0 saturated carbocycles. The molecule has 12 nitrogen and oxygen atoms in total. The lowest BCUT2D eigenvalue weighted by atomic mass is 9.88. The lowest BCUT2D eigenvalue weighted by molar-refractivity contribution is 0.0352. The first-order valence-corrected chi connectivity index (χ1v) is 17.7. The van der Waals surface area contributed by atoms with Gasteiger partial charge < -0.3 is 19.1 Å². The molecule has 53 heavy (non-hydrogen) atoms. The van der Waals surface area contributed by atoms with Crippen LogP contribution in [0.25, 0.3) is 0 Å². The van der Waals surface area contributed by atoms with E-state index in [1.807, 2.05) is 16.3 Å². The van der Waals surface area contributed by atoms with Gasteiger partial charge in [0.05, 0.1) is 35.6 Å². The standard InChI is InChI=1S/C31H34N4O3.C10H19NO4/c1-22-7-5-10-26(15-22)25-11-13-34(14-12-25)29(36)27-17-28(20-33-19-27)35(30(37)38-31(2,3)4)21-24-9-6-8-23(16-24)18-32;1-9(2,3)14-7(12)11-8(13)15-10(4,5)6/h5-10,15-17,19-20,25H,11-14,21H2,1-4H3;1-6H3,(H,11,12,13). The summed E-state index contributed by atoms with van der Waals surface area (Å²) in [5.74, 6) is 0.341. The molecule has 1 aliphatic rings. The third-order valence-corrected chi connectivity index (χ3v) is 7.59. The molecule has 1 aromatic heterocycles. The molecular weight excluding hydrogens is 674 g/mol. The lowest BCUT2D eigenvalue weighted by Gasteiger charge is -2.32. The van der Waals surface area contributed by atoms with Gasteiger partial charge in [0.25, 0.3) is 5.91 Å². The highest BCUT2D eigenvalue weighted by Gasteiger charge is 2.28. The Kier molecular flexibility index (Phi) is 14.1. The highest BCUT2D eigenvalue weighted by Crippen LogP contribution is 2.30. The molecule has 3 aromatic rings. The summed E-state index contributed by atoms with van der Waals surface area (Å²) in [6.45, 7) is 19.3. The van der Waals surface area contributed by atoms with Crippen molar-refractivity contribution in [1.29, 1.82) is 5.26 Å². The van der Waals surface area contributed by atoms with Gasteiger partial charge in [0.2, 0.25) is 0 Å². The van der Waals surface area contributed by atoms with E-state index in [2.05, 4.69) is 42.2 Å². The normalized spacial score (nSPS) is 13.4. The van der Waals surface area contributed by atoms with Gasteiger partial charge in [-0.05, 0) is 117 Å². The number of carbonyl (C=O) groups excluding carboxylic acids is 4. The zero-order valence-electron chi connectivity index (χ0n) is 32.6. The van der Waals surface area contributed by atoms with E-state index in [-0.39, 0.29) is 12.5 Å². The molecule has 0 radical (unpaired) electrons. The summed E-state index contributed by atoms with van der Waals surface area (Å²) in [6.07, 6.45) is 2.74. The Hall–Kier alpha value is -5.44. The van der Waals surface area contributed by atoms with Crippen LogP contribution in [-0.4, -0.2) is 64.0 Å². The molecule has 0 aliphatic carbocycles. The van der Waals surface area contributed by atoms with Gasteiger partial charge in [0.15, 0.2) is 0 Å². The number of nitrogens with one attached hydrogen (secondary N) is 1. The van der Waals surface area contributed by atoms with Crippen molar-refractivity contribution in [2.45, 2.75) is 111 Å². The van der Waals surface area contributed by atoms with Crippen molar-refractivity contribution in [3.05, 3.63) is 94.8 Å². The third-order valence-electron chi connectivity index (χ3n) is 7.59. The number of amides is 4. The molecule has 284 valence electrons. The van der Waals surface area contributed by atoms with Crippen molar-refractivity contribution in [3.63, 3.8) is 0 Å². The van der Waals surface area contributed by atoms with Crippen molar-refractivity contribution in [2.24, 2.45) is 0 Å². The van der Waals surface area contributed by atoms with Crippen LogP contribution < -0.4 is 10.2 Å². The summed E-state index contributed by atoms with van der Waals surface area (Å²) in [6, 6.07) is 19.5. The Labute approximate surface area is 313 Å². The fraction of sp³-hybridized carbons (Fsp3) is 0.463. The molecule has 4 amide bonds. The minimum atomic E-state index is -0.809. The molecule has 1 saturated heterocycles. The number of pyridine rings is 1. The Bertz CT molecular complexity index is 1760. The van der Waals surface area contributed by atoms with E-state index in [0.29, 0.717) is 35.8 Å². The second-order valence-electron chi connectivity index (χ2n) is 15.9. The summed E-state index contributed by atoms with van der Waals surface area (Å²) in [4.78, 5) is 56.5. The average molecular weight is 728 g/mol. The molecule has 1 N–H and O–H groups in total. The zero-order valence-corrected chi connectivity index (χ0v) is 32.6. The van der Waals surface area contributed by atoms with Gasteiger partial charge in [-0.2, -0.15) is 5.26 Å². The van der Waals surface area contributed by atoms with E-state index in [4.69, 9.17) is 14.2 Å². The number of carbonyl (C=O) groups is 4. The van der Waals surface area contributed by atoms with Crippen LogP contribution in [0.15, 0.2) is 67.0 Å². The van der Waals surface area contributed by atoms with Crippen LogP contribution >= 0.6 is 0 Å². The van der Waals surface area contributed by atoms with Gasteiger partial charge in [0, 0.05) is 19.3 Å². The van der Waals surface area contributed by atoms with Gasteiger partial charge in [-0.25, -0.2) is 19.7 Å². The van der Waals surface area contributed by atoms with Crippen molar-refractivity contribution in [3.8, 4) is 6.07 Å². The van der Waals surface area contributed by atoms with Crippen LogP contribution in [0.2, 0.25) is 0 Å². The van der Waals surface area contributed by atoms with Crippen molar-refractivity contribution >= 4 is 29.9 Å². The predicted octanol–water partition coefficient (Wildman–Crippen LogP) is 8.67. The van der Waals surface area contributed by atoms with E-state index in [1.165, 1.54) is 16.0 Å². The number of imide groups is 1. The molecule has 2 heterocycles. The molecule has 0 spiro atoms. The third kappa shape index (κ3) is 14.6. The number of ether oxygens (including phenoxy) is 3. The summed E-state index contributed by atoms with van der Waals surface area (Å²) in [5, 5.41) is 11.3. The summed E-state index contributed by atoms with van der Waals surface area (Å²) in [5.41, 5.74) is 2.77. The van der Waals surface area contributed by atoms with Crippen LogP contribution in [-0.2, 0) is 20.8 Å². The molecule has 1 fully saturated rings. The van der Waals surface area contributed by atoms with Gasteiger partial charge in [-0.1, -0.05) is 42.0 Å². The maximum absolute atomic E-state index is 13.4. The van der Waals surface area contributed by atoms with E-state index in [1.54, 1.807) is 99.0 Å². The topological polar surface area (TPSA) is 151 Å². The number of benzene rings is 2. The maximum atomic E-state index is 13.4. The highest BCUT2D eigenvalue weighted by molar-refractivity contribution is 5.96. The largest absolute Gasteiger partial charge is 0.443 e. The minimum absolute atomic E-state index is 0.0994. The Balaban J connectivity index is 0.000000426. The molecule has 0 atom stereocenters.